The molecule has 0 unspecified atom stereocenters. The number of hydrogen-bond acceptors (Lipinski definition) is 6. The van der Waals surface area contributed by atoms with E-state index in [0.29, 0.717) is 21.9 Å². The summed E-state index contributed by atoms with van der Waals surface area (Å²) in [5.74, 6) is -0.197. The van der Waals surface area contributed by atoms with E-state index >= 15 is 0 Å². The molecule has 0 spiro atoms. The lowest BCUT2D eigenvalue weighted by atomic mass is 9.72. The number of nitrogens with one attached hydrogen (secondary N) is 1. The molecule has 1 amide bonds. The van der Waals surface area contributed by atoms with Gasteiger partial charge in [-0.3, -0.25) is 4.98 Å². The zero-order valence-electron chi connectivity index (χ0n) is 16.5. The van der Waals surface area contributed by atoms with Gasteiger partial charge in [-0.15, -0.1) is 0 Å². The Balaban J connectivity index is 1.68. The van der Waals surface area contributed by atoms with E-state index in [-0.39, 0.29) is 5.69 Å². The molecule has 1 aliphatic carbocycles. The Morgan fingerprint density at radius 3 is 2.62 bits per heavy atom. The van der Waals surface area contributed by atoms with E-state index in [9.17, 15) is 15.2 Å². The lowest BCUT2D eigenvalue weighted by molar-refractivity contribution is -0.148. The van der Waals surface area contributed by atoms with Crippen molar-refractivity contribution in [3.63, 3.8) is 0 Å². The number of benzene rings is 2. The van der Waals surface area contributed by atoms with Crippen molar-refractivity contribution in [3.8, 4) is 11.8 Å². The van der Waals surface area contributed by atoms with Crippen molar-refractivity contribution < 1.29 is 19.4 Å². The van der Waals surface area contributed by atoms with Crippen molar-refractivity contribution in [2.75, 3.05) is 0 Å². The molecule has 1 saturated carbocycles. The normalized spacial score (nSPS) is 31.5. The van der Waals surface area contributed by atoms with Crippen LogP contribution in [-0.2, 0) is 15.9 Å². The van der Waals surface area contributed by atoms with Crippen LogP contribution in [0.4, 0.5) is 4.79 Å². The molecule has 3 aromatic rings. The van der Waals surface area contributed by atoms with Crippen LogP contribution in [0.3, 0.4) is 0 Å². The van der Waals surface area contributed by atoms with Crippen LogP contribution in [-0.4, -0.2) is 28.3 Å². The van der Waals surface area contributed by atoms with Crippen LogP contribution in [0.25, 0.3) is 0 Å². The van der Waals surface area contributed by atoms with E-state index in [0.717, 1.165) is 5.56 Å². The van der Waals surface area contributed by atoms with Crippen LogP contribution in [0, 0.1) is 11.3 Å². The van der Waals surface area contributed by atoms with Crippen molar-refractivity contribution in [1.82, 2.24) is 10.3 Å². The van der Waals surface area contributed by atoms with Gasteiger partial charge in [0.15, 0.2) is 17.3 Å². The predicted octanol–water partition coefficient (Wildman–Crippen LogP) is 3.36. The highest BCUT2D eigenvalue weighted by Crippen LogP contribution is 2.67. The molecule has 2 fully saturated rings. The number of rotatable bonds is 2. The minimum absolute atomic E-state index is 0.260. The number of nitriles is 1. The molecular weight excluding hydrogens is 430 g/mol. The number of aromatic nitrogens is 1. The fourth-order valence-electron chi connectivity index (χ4n) is 5.50. The maximum atomic E-state index is 12.4. The second-order valence-electron chi connectivity index (χ2n) is 8.18. The fourth-order valence-corrected chi connectivity index (χ4v) is 5.65. The second kappa shape index (κ2) is 6.45. The van der Waals surface area contributed by atoms with Crippen LogP contribution >= 0.6 is 11.6 Å². The molecule has 3 heterocycles. The molecule has 1 saturated heterocycles. The molecule has 0 bridgehead atoms. The summed E-state index contributed by atoms with van der Waals surface area (Å²) in [5, 5.41) is 24.9. The van der Waals surface area contributed by atoms with Gasteiger partial charge in [0.2, 0.25) is 0 Å². The van der Waals surface area contributed by atoms with Gasteiger partial charge in [0, 0.05) is 12.3 Å². The Kier molecular flexibility index (Phi) is 3.85. The largest absolute Gasteiger partial charge is 0.476 e. The fraction of sp³-hybridized carbons (Fsp3) is 0.208. The standard InChI is InChI=1S/C24H16ClN3O4/c25-16-10-17-20(27-12-16)23(30)21-19(28-22(29)31-21)18(14-4-2-1-3-5-14)24(23,32-17)15-8-6-13(11-26)7-9-15/h1-10,12,18-19,21,30H,(H,28,29)/t18-,19-,21-,23+,24+/m1/s1. The minimum atomic E-state index is -1.80. The number of carbonyl (C=O) groups is 1. The highest BCUT2D eigenvalue weighted by molar-refractivity contribution is 6.30. The summed E-state index contributed by atoms with van der Waals surface area (Å²) in [6.45, 7) is 0. The van der Waals surface area contributed by atoms with E-state index < -0.39 is 35.4 Å². The third-order valence-corrected chi connectivity index (χ3v) is 6.88. The number of hydrogen-bond donors (Lipinski definition) is 2. The molecule has 6 rings (SSSR count). The van der Waals surface area contributed by atoms with Gasteiger partial charge in [-0.1, -0.05) is 54.1 Å². The maximum absolute atomic E-state index is 12.4. The van der Waals surface area contributed by atoms with Gasteiger partial charge in [0.1, 0.15) is 11.4 Å². The van der Waals surface area contributed by atoms with Gasteiger partial charge in [-0.25, -0.2) is 4.79 Å². The van der Waals surface area contributed by atoms with Crippen LogP contribution in [0.2, 0.25) is 5.02 Å². The van der Waals surface area contributed by atoms with E-state index in [1.807, 2.05) is 30.3 Å². The number of ether oxygens (including phenoxy) is 2. The highest BCUT2D eigenvalue weighted by atomic mass is 35.5. The molecule has 0 radical (unpaired) electrons. The van der Waals surface area contributed by atoms with E-state index in [1.165, 1.54) is 6.20 Å². The number of amides is 1. The molecule has 2 aliphatic heterocycles. The lowest BCUT2D eigenvalue weighted by Gasteiger charge is -2.40. The molecule has 3 aliphatic rings. The maximum Gasteiger partial charge on any atom is 0.407 e. The first-order valence-electron chi connectivity index (χ1n) is 10.1. The number of nitrogens with zero attached hydrogens (tertiary/aromatic N) is 2. The number of aliphatic hydroxyl groups is 1. The minimum Gasteiger partial charge on any atom is -0.476 e. The van der Waals surface area contributed by atoms with E-state index in [4.69, 9.17) is 21.1 Å². The first-order chi connectivity index (χ1) is 15.5. The molecule has 1 aromatic heterocycles. The third-order valence-electron chi connectivity index (χ3n) is 6.67. The van der Waals surface area contributed by atoms with Gasteiger partial charge < -0.3 is 19.9 Å². The van der Waals surface area contributed by atoms with Crippen molar-refractivity contribution >= 4 is 17.7 Å². The molecule has 2 aromatic carbocycles. The summed E-state index contributed by atoms with van der Waals surface area (Å²) < 4.78 is 12.2. The van der Waals surface area contributed by atoms with Crippen LogP contribution in [0.1, 0.15) is 28.3 Å². The second-order valence-corrected chi connectivity index (χ2v) is 8.61. The van der Waals surface area contributed by atoms with Gasteiger partial charge in [0.25, 0.3) is 0 Å². The summed E-state index contributed by atoms with van der Waals surface area (Å²) in [7, 11) is 0. The van der Waals surface area contributed by atoms with Crippen LogP contribution < -0.4 is 10.1 Å². The number of alkyl carbamates (subject to hydrolysis) is 1. The van der Waals surface area contributed by atoms with Gasteiger partial charge in [-0.2, -0.15) is 5.26 Å². The SMILES string of the molecule is N#Cc1ccc([C@@]23Oc4cc(Cl)cnc4[C@]2(O)[C@@H]2OC(=O)N[C@@H]2[C@H]3c2ccccc2)cc1. The molecule has 8 heteroatoms. The zero-order chi connectivity index (χ0) is 22.1. The van der Waals surface area contributed by atoms with E-state index in [2.05, 4.69) is 16.4 Å². The zero-order valence-corrected chi connectivity index (χ0v) is 17.3. The Morgan fingerprint density at radius 2 is 1.91 bits per heavy atom. The Hall–Kier alpha value is -3.60. The average molecular weight is 446 g/mol. The molecule has 7 nitrogen and oxygen atoms in total. The Morgan fingerprint density at radius 1 is 1.16 bits per heavy atom. The number of pyridine rings is 1. The van der Waals surface area contributed by atoms with Crippen LogP contribution in [0.5, 0.6) is 5.75 Å². The number of fused-ring (bicyclic) bond motifs is 5. The summed E-state index contributed by atoms with van der Waals surface area (Å²) in [5.41, 5.74) is -0.959. The monoisotopic (exact) mass is 445 g/mol. The molecule has 2 N–H and O–H groups in total. The van der Waals surface area contributed by atoms with Crippen LogP contribution in [0.15, 0.2) is 66.9 Å². The Bertz CT molecular complexity index is 1290. The smallest absolute Gasteiger partial charge is 0.407 e. The molecular formula is C24H16ClN3O4. The average Bonchev–Trinajstić information content (AvgIpc) is 3.37. The summed E-state index contributed by atoms with van der Waals surface area (Å²) >= 11 is 6.19. The topological polar surface area (TPSA) is 104 Å². The molecule has 32 heavy (non-hydrogen) atoms. The summed E-state index contributed by atoms with van der Waals surface area (Å²) in [6.07, 6.45) is -0.123. The van der Waals surface area contributed by atoms with Gasteiger partial charge in [0.05, 0.1) is 28.6 Å². The van der Waals surface area contributed by atoms with Gasteiger partial charge >= 0.3 is 6.09 Å². The predicted molar refractivity (Wildman–Crippen MR) is 113 cm³/mol. The number of halogens is 1. The quantitative estimate of drug-likeness (QED) is 0.626. The van der Waals surface area contributed by atoms with E-state index in [1.54, 1.807) is 30.3 Å². The first kappa shape index (κ1) is 19.1. The van der Waals surface area contributed by atoms with Crippen molar-refractivity contribution in [3.05, 3.63) is 94.3 Å². The Labute approximate surface area is 188 Å². The molecule has 5 atom stereocenters. The van der Waals surface area contributed by atoms with Crippen molar-refractivity contribution in [2.24, 2.45) is 0 Å². The number of carbonyl (C=O) groups excluding carboxylic acids is 1. The highest BCUT2D eigenvalue weighted by Gasteiger charge is 2.80. The van der Waals surface area contributed by atoms with Crippen molar-refractivity contribution in [1.29, 1.82) is 5.26 Å². The summed E-state index contributed by atoms with van der Waals surface area (Å²) in [6, 6.07) is 19.5. The summed E-state index contributed by atoms with van der Waals surface area (Å²) in [4.78, 5) is 16.7. The molecule has 158 valence electrons. The third kappa shape index (κ3) is 2.23. The van der Waals surface area contributed by atoms with Gasteiger partial charge in [-0.05, 0) is 23.3 Å². The van der Waals surface area contributed by atoms with Crippen molar-refractivity contribution in [2.45, 2.75) is 29.3 Å². The lowest BCUT2D eigenvalue weighted by Crippen LogP contribution is -2.53. The first-order valence-corrected chi connectivity index (χ1v) is 10.5.